The van der Waals surface area contributed by atoms with Gasteiger partial charge in [-0.1, -0.05) is 18.9 Å². The van der Waals surface area contributed by atoms with Crippen molar-refractivity contribution in [2.45, 2.75) is 57.4 Å². The third-order valence-electron chi connectivity index (χ3n) is 6.12. The van der Waals surface area contributed by atoms with Gasteiger partial charge in [-0.3, -0.25) is 9.59 Å². The first-order valence-corrected chi connectivity index (χ1v) is 10.7. The fourth-order valence-corrected chi connectivity index (χ4v) is 5.27. The zero-order chi connectivity index (χ0) is 17.2. The second kappa shape index (κ2) is 7.48. The van der Waals surface area contributed by atoms with Crippen LogP contribution in [0.4, 0.5) is 0 Å². The Morgan fingerprint density at radius 2 is 1.76 bits per heavy atom. The Hall–Kier alpha value is -1.36. The van der Waals surface area contributed by atoms with Crippen LogP contribution in [0.5, 0.6) is 0 Å². The molecule has 2 saturated carbocycles. The molecule has 1 aromatic rings. The fraction of sp³-hybridized carbons (Fsp3) is 0.700. The van der Waals surface area contributed by atoms with Crippen molar-refractivity contribution < 1.29 is 9.59 Å². The van der Waals surface area contributed by atoms with Gasteiger partial charge in [0, 0.05) is 29.8 Å². The van der Waals surface area contributed by atoms with Gasteiger partial charge < -0.3 is 10.2 Å². The number of carbonyl (C=O) groups is 2. The van der Waals surface area contributed by atoms with Crippen LogP contribution >= 0.6 is 11.3 Å². The van der Waals surface area contributed by atoms with E-state index in [1.807, 2.05) is 4.90 Å². The van der Waals surface area contributed by atoms with Crippen molar-refractivity contribution in [3.8, 4) is 0 Å². The smallest absolute Gasteiger partial charge is 0.225 e. The highest BCUT2D eigenvalue weighted by atomic mass is 32.1. The van der Waals surface area contributed by atoms with E-state index in [1.165, 1.54) is 30.6 Å². The van der Waals surface area contributed by atoms with Gasteiger partial charge in [0.1, 0.15) is 0 Å². The van der Waals surface area contributed by atoms with E-state index in [-0.39, 0.29) is 23.8 Å². The second-order valence-corrected chi connectivity index (χ2v) is 8.90. The Labute approximate surface area is 154 Å². The number of hydrogen-bond acceptors (Lipinski definition) is 3. The molecule has 2 amide bonds. The first-order valence-electron chi connectivity index (χ1n) is 9.85. The molecule has 0 aromatic carbocycles. The van der Waals surface area contributed by atoms with Crippen LogP contribution in [0.25, 0.3) is 0 Å². The van der Waals surface area contributed by atoms with E-state index in [2.05, 4.69) is 22.8 Å². The van der Waals surface area contributed by atoms with E-state index < -0.39 is 0 Å². The van der Waals surface area contributed by atoms with Crippen molar-refractivity contribution in [1.82, 2.24) is 10.2 Å². The topological polar surface area (TPSA) is 49.4 Å². The van der Waals surface area contributed by atoms with Crippen LogP contribution in [0, 0.1) is 17.8 Å². The van der Waals surface area contributed by atoms with Crippen LogP contribution < -0.4 is 5.32 Å². The molecule has 3 aliphatic rings. The van der Waals surface area contributed by atoms with Crippen LogP contribution in [-0.4, -0.2) is 29.8 Å². The maximum atomic E-state index is 12.9. The van der Waals surface area contributed by atoms with Crippen LogP contribution in [0.1, 0.15) is 62.3 Å². The lowest BCUT2D eigenvalue weighted by molar-refractivity contribution is -0.137. The van der Waals surface area contributed by atoms with E-state index in [1.54, 1.807) is 11.3 Å². The van der Waals surface area contributed by atoms with Crippen LogP contribution in [-0.2, 0) is 9.59 Å². The number of nitrogens with one attached hydrogen (secondary N) is 1. The quantitative estimate of drug-likeness (QED) is 0.869. The maximum absolute atomic E-state index is 12.9. The number of rotatable bonds is 5. The summed E-state index contributed by atoms with van der Waals surface area (Å²) in [6, 6.07) is 4.42. The molecule has 0 radical (unpaired) electrons. The Kier molecular flexibility index (Phi) is 5.11. The molecule has 0 bridgehead atoms. The third kappa shape index (κ3) is 3.91. The first kappa shape index (κ1) is 17.1. The lowest BCUT2D eigenvalue weighted by Crippen LogP contribution is -2.44. The predicted molar refractivity (Wildman–Crippen MR) is 99.2 cm³/mol. The van der Waals surface area contributed by atoms with Gasteiger partial charge in [0.25, 0.3) is 0 Å². The molecule has 1 aliphatic heterocycles. The van der Waals surface area contributed by atoms with Gasteiger partial charge in [-0.05, 0) is 55.9 Å². The number of likely N-dealkylation sites (tertiary alicyclic amines) is 1. The van der Waals surface area contributed by atoms with Crippen molar-refractivity contribution in [3.63, 3.8) is 0 Å². The Balaban J connectivity index is 1.34. The molecular formula is C20H28N2O2S. The van der Waals surface area contributed by atoms with Crippen molar-refractivity contribution in [2.75, 3.05) is 13.1 Å². The van der Waals surface area contributed by atoms with Gasteiger partial charge in [0.05, 0.1) is 6.04 Å². The molecule has 1 saturated heterocycles. The molecule has 5 heteroatoms. The standard InChI is InChI=1S/C20H28N2O2S/c23-19(15-9-11-22(12-10-15)20(24)16-7-8-16)21-18(14-4-1-2-5-14)17-6-3-13-25-17/h3,6,13-16,18H,1-2,4-5,7-12H2,(H,21,23). The van der Waals surface area contributed by atoms with E-state index in [4.69, 9.17) is 0 Å². The highest BCUT2D eigenvalue weighted by molar-refractivity contribution is 7.10. The van der Waals surface area contributed by atoms with Crippen molar-refractivity contribution in [3.05, 3.63) is 22.4 Å². The predicted octanol–water partition coefficient (Wildman–Crippen LogP) is 3.74. The summed E-state index contributed by atoms with van der Waals surface area (Å²) >= 11 is 1.75. The van der Waals surface area contributed by atoms with Crippen LogP contribution in [0.15, 0.2) is 17.5 Å². The number of carbonyl (C=O) groups excluding carboxylic acids is 2. The molecule has 2 heterocycles. The molecule has 25 heavy (non-hydrogen) atoms. The van der Waals surface area contributed by atoms with E-state index in [0.717, 1.165) is 38.8 Å². The average Bonchev–Trinajstić information content (AvgIpc) is 3.12. The molecule has 0 spiro atoms. The minimum atomic E-state index is 0.0621. The average molecular weight is 361 g/mol. The highest BCUT2D eigenvalue weighted by Crippen LogP contribution is 2.38. The summed E-state index contributed by atoms with van der Waals surface area (Å²) in [7, 11) is 0. The van der Waals surface area contributed by atoms with Gasteiger partial charge in [-0.2, -0.15) is 0 Å². The molecule has 3 fully saturated rings. The summed E-state index contributed by atoms with van der Waals surface area (Å²) in [5, 5.41) is 5.48. The zero-order valence-electron chi connectivity index (χ0n) is 14.8. The summed E-state index contributed by atoms with van der Waals surface area (Å²) < 4.78 is 0. The summed E-state index contributed by atoms with van der Waals surface area (Å²) in [4.78, 5) is 28.3. The summed E-state index contributed by atoms with van der Waals surface area (Å²) in [5.74, 6) is 1.45. The summed E-state index contributed by atoms with van der Waals surface area (Å²) in [6.07, 6.45) is 8.74. The zero-order valence-corrected chi connectivity index (χ0v) is 15.6. The minimum Gasteiger partial charge on any atom is -0.348 e. The lowest BCUT2D eigenvalue weighted by atomic mass is 9.92. The van der Waals surface area contributed by atoms with Crippen molar-refractivity contribution in [2.24, 2.45) is 17.8 Å². The van der Waals surface area contributed by atoms with Crippen LogP contribution in [0.2, 0.25) is 0 Å². The van der Waals surface area contributed by atoms with E-state index >= 15 is 0 Å². The molecule has 2 aliphatic carbocycles. The minimum absolute atomic E-state index is 0.0621. The number of thiophene rings is 1. The lowest BCUT2D eigenvalue weighted by Gasteiger charge is -2.33. The Bertz CT molecular complexity index is 597. The summed E-state index contributed by atoms with van der Waals surface area (Å²) in [6.45, 7) is 1.50. The van der Waals surface area contributed by atoms with Gasteiger partial charge in [-0.25, -0.2) is 0 Å². The van der Waals surface area contributed by atoms with Gasteiger partial charge in [0.2, 0.25) is 11.8 Å². The SMILES string of the molecule is O=C(NC(c1cccs1)C1CCCC1)C1CCN(C(=O)C2CC2)CC1. The molecule has 1 atom stereocenters. The molecule has 136 valence electrons. The monoisotopic (exact) mass is 360 g/mol. The molecule has 1 unspecified atom stereocenters. The first-order chi connectivity index (χ1) is 12.2. The van der Waals surface area contributed by atoms with Gasteiger partial charge in [-0.15, -0.1) is 11.3 Å². The third-order valence-corrected chi connectivity index (χ3v) is 7.08. The molecule has 1 aromatic heterocycles. The normalized spacial score (nSPS) is 23.6. The van der Waals surface area contributed by atoms with E-state index in [9.17, 15) is 9.59 Å². The molecule has 4 rings (SSSR count). The van der Waals surface area contributed by atoms with Crippen LogP contribution in [0.3, 0.4) is 0 Å². The molecular weight excluding hydrogens is 332 g/mol. The number of piperidine rings is 1. The fourth-order valence-electron chi connectivity index (χ4n) is 4.40. The Morgan fingerprint density at radius 1 is 1.04 bits per heavy atom. The molecule has 1 N–H and O–H groups in total. The highest BCUT2D eigenvalue weighted by Gasteiger charge is 2.37. The molecule has 4 nitrogen and oxygen atoms in total. The maximum Gasteiger partial charge on any atom is 0.225 e. The van der Waals surface area contributed by atoms with E-state index in [0.29, 0.717) is 11.8 Å². The van der Waals surface area contributed by atoms with Gasteiger partial charge in [0.15, 0.2) is 0 Å². The number of hydrogen-bond donors (Lipinski definition) is 1. The number of amides is 2. The van der Waals surface area contributed by atoms with Crippen molar-refractivity contribution >= 4 is 23.2 Å². The summed E-state index contributed by atoms with van der Waals surface area (Å²) in [5.41, 5.74) is 0. The largest absolute Gasteiger partial charge is 0.348 e. The van der Waals surface area contributed by atoms with Crippen molar-refractivity contribution in [1.29, 1.82) is 0 Å². The second-order valence-electron chi connectivity index (χ2n) is 7.92. The number of nitrogens with zero attached hydrogens (tertiary/aromatic N) is 1. The van der Waals surface area contributed by atoms with Gasteiger partial charge >= 0.3 is 0 Å². The Morgan fingerprint density at radius 3 is 2.36 bits per heavy atom.